The molecule has 6 nitrogen and oxygen atoms in total. The summed E-state index contributed by atoms with van der Waals surface area (Å²) in [6.07, 6.45) is 0.643. The monoisotopic (exact) mass is 346 g/mol. The third-order valence-electron chi connectivity index (χ3n) is 4.42. The van der Waals surface area contributed by atoms with Gasteiger partial charge in [0.05, 0.1) is 0 Å². The van der Waals surface area contributed by atoms with Crippen LogP contribution in [0.3, 0.4) is 0 Å². The summed E-state index contributed by atoms with van der Waals surface area (Å²) in [5.74, 6) is 0.354. The van der Waals surface area contributed by atoms with Crippen molar-refractivity contribution < 1.29 is 9.59 Å². The Morgan fingerprint density at radius 3 is 2.32 bits per heavy atom. The second-order valence-corrected chi connectivity index (χ2v) is 7.12. The number of hydrogen-bond donors (Lipinski definition) is 2. The first kappa shape index (κ1) is 19.2. The number of rotatable bonds is 6. The number of urea groups is 1. The van der Waals surface area contributed by atoms with Crippen molar-refractivity contribution in [3.63, 3.8) is 0 Å². The highest BCUT2D eigenvalue weighted by atomic mass is 16.2. The van der Waals surface area contributed by atoms with Crippen LogP contribution in [0.4, 0.5) is 4.79 Å². The highest BCUT2D eigenvalue weighted by Gasteiger charge is 2.28. The van der Waals surface area contributed by atoms with Crippen LogP contribution >= 0.6 is 0 Å². The summed E-state index contributed by atoms with van der Waals surface area (Å²) >= 11 is 0. The van der Waals surface area contributed by atoms with Gasteiger partial charge in [0.2, 0.25) is 5.91 Å². The van der Waals surface area contributed by atoms with E-state index in [4.69, 9.17) is 0 Å². The molecule has 25 heavy (non-hydrogen) atoms. The molecule has 3 amide bonds. The van der Waals surface area contributed by atoms with E-state index in [1.807, 2.05) is 35.2 Å². The van der Waals surface area contributed by atoms with Crippen LogP contribution < -0.4 is 10.6 Å². The van der Waals surface area contributed by atoms with Crippen LogP contribution in [0.2, 0.25) is 0 Å². The Labute approximate surface area is 150 Å². The molecule has 1 aliphatic heterocycles. The number of nitrogens with one attached hydrogen (secondary N) is 2. The molecule has 0 radical (unpaired) electrons. The van der Waals surface area contributed by atoms with Gasteiger partial charge in [-0.25, -0.2) is 4.79 Å². The van der Waals surface area contributed by atoms with Gasteiger partial charge in [-0.05, 0) is 24.9 Å². The summed E-state index contributed by atoms with van der Waals surface area (Å²) in [6, 6.07) is 8.97. The maximum Gasteiger partial charge on any atom is 0.315 e. The molecular weight excluding hydrogens is 316 g/mol. The van der Waals surface area contributed by atoms with Gasteiger partial charge >= 0.3 is 6.03 Å². The molecule has 1 aromatic carbocycles. The summed E-state index contributed by atoms with van der Waals surface area (Å²) in [7, 11) is 2.06. The van der Waals surface area contributed by atoms with E-state index in [0.717, 1.165) is 31.7 Å². The van der Waals surface area contributed by atoms with E-state index in [2.05, 4.69) is 36.4 Å². The highest BCUT2D eigenvalue weighted by Crippen LogP contribution is 2.10. The lowest BCUT2D eigenvalue weighted by atomic mass is 10.0. The first-order valence-corrected chi connectivity index (χ1v) is 9.01. The molecule has 6 heteroatoms. The zero-order chi connectivity index (χ0) is 18.2. The van der Waals surface area contributed by atoms with E-state index in [0.29, 0.717) is 18.9 Å². The lowest BCUT2D eigenvalue weighted by Gasteiger charge is -2.35. The fraction of sp³-hybridized carbons (Fsp3) is 0.579. The van der Waals surface area contributed by atoms with Crippen LogP contribution in [-0.4, -0.2) is 61.0 Å². The van der Waals surface area contributed by atoms with Crippen molar-refractivity contribution in [3.05, 3.63) is 35.9 Å². The molecule has 138 valence electrons. The van der Waals surface area contributed by atoms with Crippen molar-refractivity contribution >= 4 is 11.9 Å². The van der Waals surface area contributed by atoms with Crippen molar-refractivity contribution in [3.8, 4) is 0 Å². The van der Waals surface area contributed by atoms with Gasteiger partial charge in [-0.1, -0.05) is 44.2 Å². The topological polar surface area (TPSA) is 64.7 Å². The number of likely N-dealkylation sites (N-methyl/N-ethyl adjacent to an activating group) is 1. The zero-order valence-electron chi connectivity index (χ0n) is 15.5. The maximum absolute atomic E-state index is 12.8. The lowest BCUT2D eigenvalue weighted by Crippen LogP contribution is -2.55. The molecule has 2 rings (SSSR count). The van der Waals surface area contributed by atoms with E-state index < -0.39 is 6.04 Å². The maximum atomic E-state index is 12.8. The van der Waals surface area contributed by atoms with Gasteiger partial charge in [-0.15, -0.1) is 0 Å². The number of amides is 3. The molecule has 0 aliphatic carbocycles. The highest BCUT2D eigenvalue weighted by molar-refractivity contribution is 5.87. The van der Waals surface area contributed by atoms with Gasteiger partial charge in [0, 0.05) is 32.7 Å². The van der Waals surface area contributed by atoms with Crippen LogP contribution in [0.1, 0.15) is 25.8 Å². The van der Waals surface area contributed by atoms with Crippen molar-refractivity contribution in [1.29, 1.82) is 0 Å². The predicted octanol–water partition coefficient (Wildman–Crippen LogP) is 1.67. The van der Waals surface area contributed by atoms with E-state index in [1.165, 1.54) is 0 Å². The molecule has 1 saturated heterocycles. The largest absolute Gasteiger partial charge is 0.338 e. The van der Waals surface area contributed by atoms with Crippen LogP contribution in [0.5, 0.6) is 0 Å². The SMILES string of the molecule is CC(C)C[C@@H](NC(=O)NCc1ccccc1)C(=O)N1CCN(C)CC1. The minimum atomic E-state index is -0.473. The second-order valence-electron chi connectivity index (χ2n) is 7.12. The average molecular weight is 346 g/mol. The summed E-state index contributed by atoms with van der Waals surface area (Å²) in [4.78, 5) is 29.1. The fourth-order valence-electron chi connectivity index (χ4n) is 2.93. The van der Waals surface area contributed by atoms with Crippen LogP contribution in [0.15, 0.2) is 30.3 Å². The average Bonchev–Trinajstić information content (AvgIpc) is 2.60. The molecule has 1 aromatic rings. The van der Waals surface area contributed by atoms with Crippen molar-refractivity contribution in [2.75, 3.05) is 33.2 Å². The number of nitrogens with zero attached hydrogens (tertiary/aromatic N) is 2. The molecule has 0 spiro atoms. The Bertz CT molecular complexity index is 554. The molecule has 0 aromatic heterocycles. The van der Waals surface area contributed by atoms with E-state index in [1.54, 1.807) is 0 Å². The third kappa shape index (κ3) is 6.38. The molecule has 1 heterocycles. The van der Waals surface area contributed by atoms with Crippen molar-refractivity contribution in [2.24, 2.45) is 5.92 Å². The van der Waals surface area contributed by atoms with Gasteiger partial charge in [-0.3, -0.25) is 4.79 Å². The van der Waals surface area contributed by atoms with Gasteiger partial charge in [0.1, 0.15) is 6.04 Å². The van der Waals surface area contributed by atoms with Crippen LogP contribution in [0.25, 0.3) is 0 Å². The van der Waals surface area contributed by atoms with E-state index in [-0.39, 0.29) is 11.9 Å². The number of piperazine rings is 1. The van der Waals surface area contributed by atoms with Crippen molar-refractivity contribution in [1.82, 2.24) is 20.4 Å². The van der Waals surface area contributed by atoms with Crippen molar-refractivity contribution in [2.45, 2.75) is 32.9 Å². The number of hydrogen-bond acceptors (Lipinski definition) is 3. The zero-order valence-corrected chi connectivity index (χ0v) is 15.5. The van der Waals surface area contributed by atoms with E-state index >= 15 is 0 Å². The molecule has 2 N–H and O–H groups in total. The Morgan fingerprint density at radius 2 is 1.72 bits per heavy atom. The first-order chi connectivity index (χ1) is 12.0. The van der Waals surface area contributed by atoms with Gasteiger partial charge in [0.15, 0.2) is 0 Å². The molecule has 0 saturated carbocycles. The Morgan fingerprint density at radius 1 is 1.08 bits per heavy atom. The molecule has 1 atom stereocenters. The minimum Gasteiger partial charge on any atom is -0.338 e. The smallest absolute Gasteiger partial charge is 0.315 e. The van der Waals surface area contributed by atoms with Gasteiger partial charge in [0.25, 0.3) is 0 Å². The minimum absolute atomic E-state index is 0.0247. The van der Waals surface area contributed by atoms with Crippen LogP contribution in [0, 0.1) is 5.92 Å². The third-order valence-corrected chi connectivity index (χ3v) is 4.42. The number of carbonyl (C=O) groups is 2. The Hall–Kier alpha value is -2.08. The fourth-order valence-corrected chi connectivity index (χ4v) is 2.93. The molecule has 1 aliphatic rings. The van der Waals surface area contributed by atoms with Gasteiger partial charge in [-0.2, -0.15) is 0 Å². The predicted molar refractivity (Wildman–Crippen MR) is 99.1 cm³/mol. The second kappa shape index (κ2) is 9.42. The Kier molecular flexibility index (Phi) is 7.25. The number of benzene rings is 1. The first-order valence-electron chi connectivity index (χ1n) is 9.01. The molecular formula is C19H30N4O2. The van der Waals surface area contributed by atoms with E-state index in [9.17, 15) is 9.59 Å². The summed E-state index contributed by atoms with van der Waals surface area (Å²) in [5, 5.41) is 5.71. The quantitative estimate of drug-likeness (QED) is 0.824. The van der Waals surface area contributed by atoms with Crippen LogP contribution in [-0.2, 0) is 11.3 Å². The molecule has 1 fully saturated rings. The summed E-state index contributed by atoms with van der Waals surface area (Å²) in [5.41, 5.74) is 1.03. The normalized spacial score (nSPS) is 16.6. The Balaban J connectivity index is 1.89. The molecule has 0 bridgehead atoms. The molecule has 0 unspecified atom stereocenters. The summed E-state index contributed by atoms with van der Waals surface area (Å²) < 4.78 is 0. The lowest BCUT2D eigenvalue weighted by molar-refractivity contribution is -0.135. The summed E-state index contributed by atoms with van der Waals surface area (Å²) in [6.45, 7) is 7.76. The number of carbonyl (C=O) groups excluding carboxylic acids is 2. The van der Waals surface area contributed by atoms with Gasteiger partial charge < -0.3 is 20.4 Å². The standard InChI is InChI=1S/C19H30N4O2/c1-15(2)13-17(18(24)23-11-9-22(3)10-12-23)21-19(25)20-14-16-7-5-4-6-8-16/h4-8,15,17H,9-14H2,1-3H3,(H2,20,21,25)/t17-/m1/s1.